The van der Waals surface area contributed by atoms with Gasteiger partial charge in [0.05, 0.1) is 16.2 Å². The molecule has 7 heteroatoms. The summed E-state index contributed by atoms with van der Waals surface area (Å²) in [6.07, 6.45) is -3.32. The van der Waals surface area contributed by atoms with E-state index in [2.05, 4.69) is 0 Å². The predicted molar refractivity (Wildman–Crippen MR) is 66.4 cm³/mol. The molecule has 0 fully saturated rings. The molecule has 1 rings (SSSR count). The van der Waals surface area contributed by atoms with E-state index in [-0.39, 0.29) is 10.6 Å². The summed E-state index contributed by atoms with van der Waals surface area (Å²) in [5, 5.41) is 0. The third kappa shape index (κ3) is 4.50. The molecule has 0 aromatic heterocycles. The average molecular weight is 295 g/mol. The zero-order chi connectivity index (χ0) is 14.7. The highest BCUT2D eigenvalue weighted by Gasteiger charge is 2.31. The van der Waals surface area contributed by atoms with Gasteiger partial charge < -0.3 is 5.73 Å². The average Bonchev–Trinajstić information content (AvgIpc) is 2.27. The summed E-state index contributed by atoms with van der Waals surface area (Å²) in [5.41, 5.74) is 4.66. The van der Waals surface area contributed by atoms with Gasteiger partial charge in [0.25, 0.3) is 0 Å². The summed E-state index contributed by atoms with van der Waals surface area (Å²) in [6.45, 7) is 1.86. The molecule has 19 heavy (non-hydrogen) atoms. The normalized spacial score (nSPS) is 14.4. The van der Waals surface area contributed by atoms with Gasteiger partial charge in [0, 0.05) is 6.04 Å². The molecule has 1 unspecified atom stereocenters. The highest BCUT2D eigenvalue weighted by molar-refractivity contribution is 7.91. The lowest BCUT2D eigenvalue weighted by atomic mass is 10.2. The van der Waals surface area contributed by atoms with Crippen LogP contribution in [0.2, 0.25) is 0 Å². The monoisotopic (exact) mass is 295 g/mol. The molecular weight excluding hydrogens is 279 g/mol. The van der Waals surface area contributed by atoms with E-state index in [1.165, 1.54) is 0 Å². The Morgan fingerprint density at radius 1 is 1.32 bits per heavy atom. The van der Waals surface area contributed by atoms with E-state index in [4.69, 9.17) is 5.73 Å². The molecule has 0 aliphatic rings. The van der Waals surface area contributed by atoms with Crippen molar-refractivity contribution in [2.75, 3.05) is 5.75 Å². The summed E-state index contributed by atoms with van der Waals surface area (Å²) in [5.74, 6) is -0.345. The Kier molecular flexibility index (Phi) is 4.98. The van der Waals surface area contributed by atoms with Crippen molar-refractivity contribution in [3.8, 4) is 0 Å². The van der Waals surface area contributed by atoms with Crippen LogP contribution in [-0.2, 0) is 16.0 Å². The van der Waals surface area contributed by atoms with Gasteiger partial charge in [-0.05, 0) is 24.6 Å². The van der Waals surface area contributed by atoms with Gasteiger partial charge in [-0.1, -0.05) is 19.4 Å². The van der Waals surface area contributed by atoms with Gasteiger partial charge in [0.1, 0.15) is 0 Å². The molecule has 0 aliphatic carbocycles. The maximum absolute atomic E-state index is 12.5. The van der Waals surface area contributed by atoms with Gasteiger partial charge in [0.2, 0.25) is 0 Å². The lowest BCUT2D eigenvalue weighted by Crippen LogP contribution is -2.29. The number of rotatable bonds is 5. The molecule has 108 valence electrons. The van der Waals surface area contributed by atoms with Crippen LogP contribution < -0.4 is 5.73 Å². The van der Waals surface area contributed by atoms with E-state index in [0.717, 1.165) is 24.6 Å². The lowest BCUT2D eigenvalue weighted by molar-refractivity contribution is -0.137. The number of sulfone groups is 1. The number of benzene rings is 1. The van der Waals surface area contributed by atoms with Crippen LogP contribution in [0, 0.1) is 0 Å². The Balaban J connectivity index is 3.02. The van der Waals surface area contributed by atoms with Crippen LogP contribution in [0.15, 0.2) is 29.2 Å². The summed E-state index contributed by atoms with van der Waals surface area (Å²) in [6, 6.07) is 3.16. The molecule has 0 radical (unpaired) electrons. The summed E-state index contributed by atoms with van der Waals surface area (Å²) >= 11 is 0. The van der Waals surface area contributed by atoms with E-state index in [1.54, 1.807) is 0 Å². The van der Waals surface area contributed by atoms with Crippen LogP contribution in [-0.4, -0.2) is 20.2 Å². The zero-order valence-corrected chi connectivity index (χ0v) is 11.3. The van der Waals surface area contributed by atoms with Crippen LogP contribution in [0.5, 0.6) is 0 Å². The Hall–Kier alpha value is -1.08. The smallest absolute Gasteiger partial charge is 0.327 e. The molecule has 1 aromatic rings. The Morgan fingerprint density at radius 3 is 2.47 bits per heavy atom. The third-order valence-corrected chi connectivity index (χ3v) is 4.45. The van der Waals surface area contributed by atoms with E-state index < -0.39 is 27.6 Å². The van der Waals surface area contributed by atoms with Crippen LogP contribution in [0.25, 0.3) is 0 Å². The molecule has 0 aliphatic heterocycles. The molecule has 1 aromatic carbocycles. The van der Waals surface area contributed by atoms with E-state index in [0.29, 0.717) is 12.5 Å². The molecule has 3 nitrogen and oxygen atoms in total. The molecular formula is C12H16F3NO2S. The summed E-state index contributed by atoms with van der Waals surface area (Å²) in [7, 11) is -3.79. The fourth-order valence-corrected chi connectivity index (χ4v) is 3.21. The number of alkyl halides is 3. The maximum atomic E-state index is 12.5. The lowest BCUT2D eigenvalue weighted by Gasteiger charge is -2.12. The Morgan fingerprint density at radius 2 is 1.95 bits per heavy atom. The van der Waals surface area contributed by atoms with Crippen molar-refractivity contribution >= 4 is 9.84 Å². The quantitative estimate of drug-likeness (QED) is 0.908. The second-order valence-electron chi connectivity index (χ2n) is 4.36. The third-order valence-electron chi connectivity index (χ3n) is 2.61. The highest BCUT2D eigenvalue weighted by atomic mass is 32.2. The Bertz CT molecular complexity index is 526. The van der Waals surface area contributed by atoms with Crippen molar-refractivity contribution in [3.63, 3.8) is 0 Å². The second-order valence-corrected chi connectivity index (χ2v) is 6.39. The number of halogens is 3. The summed E-state index contributed by atoms with van der Waals surface area (Å²) in [4.78, 5) is -0.339. The van der Waals surface area contributed by atoms with Crippen LogP contribution in [0.1, 0.15) is 25.3 Å². The van der Waals surface area contributed by atoms with Crippen molar-refractivity contribution in [1.29, 1.82) is 0 Å². The molecule has 0 spiro atoms. The molecule has 0 saturated carbocycles. The van der Waals surface area contributed by atoms with Gasteiger partial charge >= 0.3 is 6.18 Å². The molecule has 1 atom stereocenters. The number of hydrogen-bond acceptors (Lipinski definition) is 3. The SMILES string of the molecule is CCCC(N)CS(=O)(=O)c1cccc(C(F)(F)F)c1. The van der Waals surface area contributed by atoms with Crippen molar-refractivity contribution in [2.45, 2.75) is 36.9 Å². The van der Waals surface area contributed by atoms with Gasteiger partial charge in [0.15, 0.2) is 9.84 Å². The molecule has 0 saturated heterocycles. The molecule has 0 bridgehead atoms. The first-order chi connectivity index (χ1) is 8.66. The Labute approximate surface area is 110 Å². The van der Waals surface area contributed by atoms with Crippen LogP contribution in [0.3, 0.4) is 0 Å². The van der Waals surface area contributed by atoms with Crippen LogP contribution in [0.4, 0.5) is 13.2 Å². The zero-order valence-electron chi connectivity index (χ0n) is 10.4. The largest absolute Gasteiger partial charge is 0.416 e. The fourth-order valence-electron chi connectivity index (χ4n) is 1.70. The minimum Gasteiger partial charge on any atom is -0.327 e. The molecule has 0 heterocycles. The van der Waals surface area contributed by atoms with Gasteiger partial charge in [-0.25, -0.2) is 8.42 Å². The van der Waals surface area contributed by atoms with Gasteiger partial charge in [-0.15, -0.1) is 0 Å². The first kappa shape index (κ1) is 16.0. The van der Waals surface area contributed by atoms with E-state index in [1.807, 2.05) is 6.92 Å². The van der Waals surface area contributed by atoms with Crippen molar-refractivity contribution < 1.29 is 21.6 Å². The van der Waals surface area contributed by atoms with Crippen molar-refractivity contribution in [3.05, 3.63) is 29.8 Å². The minimum atomic E-state index is -4.56. The van der Waals surface area contributed by atoms with Crippen molar-refractivity contribution in [2.24, 2.45) is 5.73 Å². The first-order valence-corrected chi connectivity index (χ1v) is 7.47. The standard InChI is InChI=1S/C12H16F3NO2S/c1-2-4-10(16)8-19(17,18)11-6-3-5-9(7-11)12(13,14)15/h3,5-7,10H,2,4,8,16H2,1H3. The summed E-state index contributed by atoms with van der Waals surface area (Å²) < 4.78 is 61.5. The number of hydrogen-bond donors (Lipinski definition) is 1. The number of nitrogens with two attached hydrogens (primary N) is 1. The first-order valence-electron chi connectivity index (χ1n) is 5.82. The minimum absolute atomic E-state index is 0.339. The van der Waals surface area contributed by atoms with E-state index >= 15 is 0 Å². The maximum Gasteiger partial charge on any atom is 0.416 e. The molecule has 0 amide bonds. The predicted octanol–water partition coefficient (Wildman–Crippen LogP) is 2.61. The molecule has 2 N–H and O–H groups in total. The van der Waals surface area contributed by atoms with Crippen molar-refractivity contribution in [1.82, 2.24) is 0 Å². The highest BCUT2D eigenvalue weighted by Crippen LogP contribution is 2.30. The van der Waals surface area contributed by atoms with Gasteiger partial charge in [-0.2, -0.15) is 13.2 Å². The fraction of sp³-hybridized carbons (Fsp3) is 0.500. The second kappa shape index (κ2) is 5.92. The van der Waals surface area contributed by atoms with Gasteiger partial charge in [-0.3, -0.25) is 0 Å². The van der Waals surface area contributed by atoms with Crippen LogP contribution >= 0.6 is 0 Å². The topological polar surface area (TPSA) is 60.2 Å². The van der Waals surface area contributed by atoms with E-state index in [9.17, 15) is 21.6 Å².